The Balaban J connectivity index is 2.39. The van der Waals surface area contributed by atoms with Gasteiger partial charge in [0.2, 0.25) is 0 Å². The number of benzene rings is 1. The monoisotopic (exact) mass is 287 g/mol. The Hall–Kier alpha value is -1.73. The first kappa shape index (κ1) is 12.7. The Bertz CT molecular complexity index is 662. The van der Waals surface area contributed by atoms with E-state index >= 15 is 0 Å². The highest BCUT2D eigenvalue weighted by atomic mass is 35.5. The lowest BCUT2D eigenvalue weighted by molar-refractivity contribution is 0.475. The molecule has 0 fully saturated rings. The van der Waals surface area contributed by atoms with Crippen molar-refractivity contribution >= 4 is 27.3 Å². The maximum Gasteiger partial charge on any atom is 0.280 e. The highest BCUT2D eigenvalue weighted by molar-refractivity contribution is 7.92. The highest BCUT2D eigenvalue weighted by Crippen LogP contribution is 2.24. The quantitative estimate of drug-likeness (QED) is 0.898. The molecule has 1 heterocycles. The SMILES string of the molecule is Cn1ncc(Cl)c1S(=O)(=O)Nc1cccc(O)c1. The maximum atomic E-state index is 12.1. The lowest BCUT2D eigenvalue weighted by atomic mass is 10.3. The summed E-state index contributed by atoms with van der Waals surface area (Å²) in [6, 6.07) is 5.77. The van der Waals surface area contributed by atoms with E-state index in [-0.39, 0.29) is 21.5 Å². The highest BCUT2D eigenvalue weighted by Gasteiger charge is 2.22. The van der Waals surface area contributed by atoms with E-state index in [1.807, 2.05) is 0 Å². The summed E-state index contributed by atoms with van der Waals surface area (Å²) < 4.78 is 27.6. The molecule has 0 bridgehead atoms. The van der Waals surface area contributed by atoms with Gasteiger partial charge in [0.15, 0.2) is 5.03 Å². The third-order valence-corrected chi connectivity index (χ3v) is 4.08. The van der Waals surface area contributed by atoms with E-state index in [4.69, 9.17) is 11.6 Å². The summed E-state index contributed by atoms with van der Waals surface area (Å²) in [6.07, 6.45) is 1.25. The molecular formula is C10H10ClN3O3S. The molecule has 0 aliphatic carbocycles. The van der Waals surface area contributed by atoms with Gasteiger partial charge in [-0.15, -0.1) is 0 Å². The van der Waals surface area contributed by atoms with Crippen LogP contribution in [-0.4, -0.2) is 23.3 Å². The molecule has 0 spiro atoms. The first-order chi connectivity index (χ1) is 8.40. The van der Waals surface area contributed by atoms with Crippen molar-refractivity contribution in [1.82, 2.24) is 9.78 Å². The van der Waals surface area contributed by atoms with Gasteiger partial charge in [-0.05, 0) is 12.1 Å². The molecule has 2 rings (SSSR count). The summed E-state index contributed by atoms with van der Waals surface area (Å²) in [5.74, 6) is -0.0358. The Kier molecular flexibility index (Phi) is 3.18. The molecule has 6 nitrogen and oxygen atoms in total. The first-order valence-corrected chi connectivity index (χ1v) is 6.75. The molecule has 18 heavy (non-hydrogen) atoms. The number of phenols is 1. The van der Waals surface area contributed by atoms with Gasteiger partial charge in [-0.1, -0.05) is 17.7 Å². The van der Waals surface area contributed by atoms with Crippen LogP contribution in [0.1, 0.15) is 0 Å². The van der Waals surface area contributed by atoms with E-state index in [9.17, 15) is 13.5 Å². The number of rotatable bonds is 3. The standard InChI is InChI=1S/C10H10ClN3O3S/c1-14-10(9(11)6-12-14)18(16,17)13-7-3-2-4-8(15)5-7/h2-6,13,15H,1H3. The van der Waals surface area contributed by atoms with Crippen LogP contribution in [0.15, 0.2) is 35.5 Å². The average Bonchev–Trinajstić information content (AvgIpc) is 2.58. The number of aromatic nitrogens is 2. The number of phenolic OH excluding ortho intramolecular Hbond substituents is 1. The summed E-state index contributed by atoms with van der Waals surface area (Å²) in [7, 11) is -2.37. The van der Waals surface area contributed by atoms with Crippen molar-refractivity contribution in [3.05, 3.63) is 35.5 Å². The summed E-state index contributed by atoms with van der Waals surface area (Å²) in [5, 5.41) is 12.9. The third-order valence-electron chi connectivity index (χ3n) is 2.20. The molecule has 1 aromatic heterocycles. The zero-order valence-electron chi connectivity index (χ0n) is 9.33. The maximum absolute atomic E-state index is 12.1. The van der Waals surface area contributed by atoms with Crippen molar-refractivity contribution in [3.63, 3.8) is 0 Å². The van der Waals surface area contributed by atoms with Gasteiger partial charge in [0.1, 0.15) is 5.75 Å². The van der Waals surface area contributed by atoms with Crippen molar-refractivity contribution in [2.24, 2.45) is 7.05 Å². The molecule has 2 aromatic rings. The van der Waals surface area contributed by atoms with Gasteiger partial charge >= 0.3 is 0 Å². The van der Waals surface area contributed by atoms with Crippen LogP contribution in [0, 0.1) is 0 Å². The van der Waals surface area contributed by atoms with Crippen LogP contribution in [0.5, 0.6) is 5.75 Å². The van der Waals surface area contributed by atoms with Crippen molar-refractivity contribution in [3.8, 4) is 5.75 Å². The molecule has 0 saturated carbocycles. The summed E-state index contributed by atoms with van der Waals surface area (Å²) in [5.41, 5.74) is 0.243. The number of sulfonamides is 1. The second-order valence-corrected chi connectivity index (χ2v) is 5.58. The van der Waals surface area contributed by atoms with Gasteiger partial charge in [0.25, 0.3) is 10.0 Å². The van der Waals surface area contributed by atoms with Crippen LogP contribution < -0.4 is 4.72 Å². The lowest BCUT2D eigenvalue weighted by Crippen LogP contribution is -2.17. The predicted octanol–water partition coefficient (Wildman–Crippen LogP) is 1.58. The second-order valence-electron chi connectivity index (χ2n) is 3.58. The van der Waals surface area contributed by atoms with Crippen molar-refractivity contribution in [1.29, 1.82) is 0 Å². The lowest BCUT2D eigenvalue weighted by Gasteiger charge is -2.08. The van der Waals surface area contributed by atoms with Gasteiger partial charge in [-0.3, -0.25) is 9.40 Å². The Morgan fingerprint density at radius 3 is 2.72 bits per heavy atom. The molecule has 0 radical (unpaired) electrons. The van der Waals surface area contributed by atoms with Crippen LogP contribution in [0.4, 0.5) is 5.69 Å². The zero-order valence-corrected chi connectivity index (χ0v) is 10.9. The van der Waals surface area contributed by atoms with E-state index in [2.05, 4.69) is 9.82 Å². The molecule has 0 aliphatic heterocycles. The number of hydrogen-bond acceptors (Lipinski definition) is 4. The minimum absolute atomic E-state index is 0.0325. The van der Waals surface area contributed by atoms with Crippen LogP contribution in [0.2, 0.25) is 5.02 Å². The Labute approximate surface area is 109 Å². The number of nitrogens with zero attached hydrogens (tertiary/aromatic N) is 2. The summed E-state index contributed by atoms with van der Waals surface area (Å²) in [4.78, 5) is 0. The van der Waals surface area contributed by atoms with Gasteiger partial charge in [0, 0.05) is 13.1 Å². The van der Waals surface area contributed by atoms with Crippen LogP contribution >= 0.6 is 11.6 Å². The second kappa shape index (κ2) is 4.51. The Morgan fingerprint density at radius 1 is 1.44 bits per heavy atom. The summed E-state index contributed by atoms with van der Waals surface area (Å²) >= 11 is 5.78. The van der Waals surface area contributed by atoms with Crippen LogP contribution in [-0.2, 0) is 17.1 Å². The average molecular weight is 288 g/mol. The molecular weight excluding hydrogens is 278 g/mol. The van der Waals surface area contributed by atoms with E-state index in [0.29, 0.717) is 0 Å². The first-order valence-electron chi connectivity index (χ1n) is 4.89. The Morgan fingerprint density at radius 2 is 2.17 bits per heavy atom. The van der Waals surface area contributed by atoms with Crippen LogP contribution in [0.25, 0.3) is 0 Å². The fourth-order valence-electron chi connectivity index (χ4n) is 1.47. The largest absolute Gasteiger partial charge is 0.508 e. The normalized spacial score (nSPS) is 11.4. The zero-order chi connectivity index (χ0) is 13.3. The fourth-order valence-corrected chi connectivity index (χ4v) is 3.18. The van der Waals surface area contributed by atoms with E-state index in [1.54, 1.807) is 0 Å². The predicted molar refractivity (Wildman–Crippen MR) is 67.1 cm³/mol. The molecule has 96 valence electrons. The number of halogens is 1. The van der Waals surface area contributed by atoms with Gasteiger partial charge in [-0.2, -0.15) is 13.5 Å². The summed E-state index contributed by atoms with van der Waals surface area (Å²) in [6.45, 7) is 0. The number of hydrogen-bond donors (Lipinski definition) is 2. The number of aryl methyl sites for hydroxylation is 1. The molecule has 0 amide bonds. The van der Waals surface area contributed by atoms with Crippen molar-refractivity contribution in [2.75, 3.05) is 4.72 Å². The minimum Gasteiger partial charge on any atom is -0.508 e. The smallest absolute Gasteiger partial charge is 0.280 e. The van der Waals surface area contributed by atoms with Crippen molar-refractivity contribution in [2.45, 2.75) is 5.03 Å². The minimum atomic E-state index is -3.84. The van der Waals surface area contributed by atoms with E-state index in [1.165, 1.54) is 37.5 Å². The van der Waals surface area contributed by atoms with E-state index in [0.717, 1.165) is 4.68 Å². The van der Waals surface area contributed by atoms with Gasteiger partial charge < -0.3 is 5.11 Å². The van der Waals surface area contributed by atoms with Gasteiger partial charge in [0.05, 0.1) is 16.9 Å². The van der Waals surface area contributed by atoms with Crippen molar-refractivity contribution < 1.29 is 13.5 Å². The van der Waals surface area contributed by atoms with Crippen LogP contribution in [0.3, 0.4) is 0 Å². The molecule has 8 heteroatoms. The number of nitrogens with one attached hydrogen (secondary N) is 1. The molecule has 2 N–H and O–H groups in total. The fraction of sp³-hybridized carbons (Fsp3) is 0.100. The third kappa shape index (κ3) is 2.41. The number of anilines is 1. The molecule has 1 aromatic carbocycles. The van der Waals surface area contributed by atoms with Gasteiger partial charge in [-0.25, -0.2) is 0 Å². The topological polar surface area (TPSA) is 84.2 Å². The molecule has 0 aliphatic rings. The molecule has 0 atom stereocenters. The molecule has 0 saturated heterocycles. The van der Waals surface area contributed by atoms with E-state index < -0.39 is 10.0 Å². The number of aromatic hydroxyl groups is 1. The molecule has 0 unspecified atom stereocenters.